The molecule has 1 atom stereocenters. The van der Waals surface area contributed by atoms with E-state index in [1.54, 1.807) is 24.3 Å². The van der Waals surface area contributed by atoms with Crippen LogP contribution in [0.25, 0.3) is 0 Å². The van der Waals surface area contributed by atoms with E-state index < -0.39 is 11.9 Å². The largest absolute Gasteiger partial charge is 0.494 e. The summed E-state index contributed by atoms with van der Waals surface area (Å²) >= 11 is 5.93. The Morgan fingerprint density at radius 2 is 1.93 bits per heavy atom. The van der Waals surface area contributed by atoms with Gasteiger partial charge in [-0.2, -0.15) is 5.10 Å². The van der Waals surface area contributed by atoms with Gasteiger partial charge in [0.25, 0.3) is 11.8 Å². The number of hydrogen-bond donors (Lipinski definition) is 2. The van der Waals surface area contributed by atoms with E-state index in [-0.39, 0.29) is 11.8 Å². The molecule has 0 aliphatic rings. The second kappa shape index (κ2) is 11.2. The van der Waals surface area contributed by atoms with Crippen LogP contribution < -0.4 is 15.5 Å². The van der Waals surface area contributed by atoms with Crippen LogP contribution in [0.15, 0.2) is 53.6 Å². The van der Waals surface area contributed by atoms with Gasteiger partial charge in [0.2, 0.25) is 0 Å². The third-order valence-electron chi connectivity index (χ3n) is 4.04. The van der Waals surface area contributed by atoms with Crippen molar-refractivity contribution in [3.63, 3.8) is 0 Å². The average Bonchev–Trinajstić information content (AvgIpc) is 2.70. The summed E-state index contributed by atoms with van der Waals surface area (Å²) in [6.07, 6.45) is 2.46. The quantitative estimate of drug-likeness (QED) is 0.479. The van der Waals surface area contributed by atoms with E-state index in [9.17, 15) is 9.59 Å². The van der Waals surface area contributed by atoms with Crippen LogP contribution in [0.5, 0.6) is 5.75 Å². The first-order valence-corrected chi connectivity index (χ1v) is 9.90. The molecule has 0 heterocycles. The molecule has 29 heavy (non-hydrogen) atoms. The van der Waals surface area contributed by atoms with Crippen LogP contribution in [-0.4, -0.2) is 30.7 Å². The van der Waals surface area contributed by atoms with Crippen molar-refractivity contribution < 1.29 is 14.3 Å². The molecule has 2 rings (SSSR count). The number of carbonyl (C=O) groups is 2. The number of halogens is 1. The Kier molecular flexibility index (Phi) is 8.68. The minimum Gasteiger partial charge on any atom is -0.494 e. The molecule has 1 unspecified atom stereocenters. The number of nitrogens with one attached hydrogen (secondary N) is 2. The van der Waals surface area contributed by atoms with E-state index in [0.29, 0.717) is 17.2 Å². The van der Waals surface area contributed by atoms with Gasteiger partial charge in [-0.3, -0.25) is 9.59 Å². The van der Waals surface area contributed by atoms with Crippen molar-refractivity contribution in [1.29, 1.82) is 0 Å². The van der Waals surface area contributed by atoms with Crippen molar-refractivity contribution in [2.45, 2.75) is 33.2 Å². The second-order valence-corrected chi connectivity index (χ2v) is 7.30. The van der Waals surface area contributed by atoms with Crippen molar-refractivity contribution in [2.24, 2.45) is 11.0 Å². The second-order valence-electron chi connectivity index (χ2n) is 6.86. The molecule has 2 aromatic rings. The zero-order valence-electron chi connectivity index (χ0n) is 16.8. The first-order chi connectivity index (χ1) is 13.9. The molecule has 2 amide bonds. The van der Waals surface area contributed by atoms with Gasteiger partial charge in [-0.15, -0.1) is 0 Å². The topological polar surface area (TPSA) is 79.8 Å². The van der Waals surface area contributed by atoms with Crippen LogP contribution in [0, 0.1) is 5.92 Å². The van der Waals surface area contributed by atoms with E-state index in [1.807, 2.05) is 45.0 Å². The molecule has 2 N–H and O–H groups in total. The zero-order valence-corrected chi connectivity index (χ0v) is 17.6. The molecule has 0 aliphatic heterocycles. The summed E-state index contributed by atoms with van der Waals surface area (Å²) in [6.45, 7) is 6.37. The summed E-state index contributed by atoms with van der Waals surface area (Å²) in [6, 6.07) is 13.2. The molecule has 7 heteroatoms. The fourth-order valence-electron chi connectivity index (χ4n) is 2.53. The van der Waals surface area contributed by atoms with Gasteiger partial charge >= 0.3 is 0 Å². The van der Waals surface area contributed by atoms with E-state index >= 15 is 0 Å². The Balaban J connectivity index is 1.99. The van der Waals surface area contributed by atoms with Crippen molar-refractivity contribution in [2.75, 3.05) is 6.61 Å². The highest BCUT2D eigenvalue weighted by atomic mass is 35.5. The predicted octanol–water partition coefficient (Wildman–Crippen LogP) is 4.03. The van der Waals surface area contributed by atoms with Crippen LogP contribution in [0.1, 0.15) is 43.1 Å². The van der Waals surface area contributed by atoms with Gasteiger partial charge in [-0.1, -0.05) is 50.6 Å². The van der Waals surface area contributed by atoms with Gasteiger partial charge < -0.3 is 10.1 Å². The first-order valence-electron chi connectivity index (χ1n) is 9.53. The maximum absolute atomic E-state index is 12.5. The third kappa shape index (κ3) is 7.23. The maximum atomic E-state index is 12.5. The zero-order chi connectivity index (χ0) is 21.2. The van der Waals surface area contributed by atoms with Crippen molar-refractivity contribution >= 4 is 29.6 Å². The van der Waals surface area contributed by atoms with Crippen LogP contribution in [0.2, 0.25) is 5.02 Å². The molecule has 0 saturated heterocycles. The smallest absolute Gasteiger partial charge is 0.262 e. The SMILES string of the molecule is CCCOc1cccc(/C=N/NC(=O)C(NC(=O)c2cccc(Cl)c2)C(C)C)c1. The number of ether oxygens (including phenoxy) is 1. The lowest BCUT2D eigenvalue weighted by molar-refractivity contribution is -0.123. The lowest BCUT2D eigenvalue weighted by Gasteiger charge is -2.20. The van der Waals surface area contributed by atoms with E-state index in [2.05, 4.69) is 15.8 Å². The van der Waals surface area contributed by atoms with Crippen molar-refractivity contribution in [3.05, 3.63) is 64.7 Å². The van der Waals surface area contributed by atoms with Gasteiger partial charge in [0.15, 0.2) is 0 Å². The highest BCUT2D eigenvalue weighted by Crippen LogP contribution is 2.13. The molecule has 0 aromatic heterocycles. The molecule has 0 saturated carbocycles. The summed E-state index contributed by atoms with van der Waals surface area (Å²) in [7, 11) is 0. The van der Waals surface area contributed by atoms with Crippen molar-refractivity contribution in [3.8, 4) is 5.75 Å². The van der Waals surface area contributed by atoms with Crippen LogP contribution >= 0.6 is 11.6 Å². The molecule has 2 aromatic carbocycles. The average molecular weight is 416 g/mol. The minimum atomic E-state index is -0.738. The fourth-order valence-corrected chi connectivity index (χ4v) is 2.72. The predicted molar refractivity (Wildman–Crippen MR) is 116 cm³/mol. The monoisotopic (exact) mass is 415 g/mol. The normalized spacial score (nSPS) is 12.0. The van der Waals surface area contributed by atoms with E-state index in [1.165, 1.54) is 6.21 Å². The van der Waals surface area contributed by atoms with Crippen LogP contribution in [0.3, 0.4) is 0 Å². The summed E-state index contributed by atoms with van der Waals surface area (Å²) in [5, 5.41) is 7.20. The number of nitrogens with zero attached hydrogens (tertiary/aromatic N) is 1. The lowest BCUT2D eigenvalue weighted by atomic mass is 10.0. The van der Waals surface area contributed by atoms with Crippen LogP contribution in [0.4, 0.5) is 0 Å². The fraction of sp³-hybridized carbons (Fsp3) is 0.318. The number of rotatable bonds is 9. The number of benzene rings is 2. The van der Waals surface area contributed by atoms with E-state index in [0.717, 1.165) is 17.7 Å². The number of hydrogen-bond acceptors (Lipinski definition) is 4. The van der Waals surface area contributed by atoms with Gasteiger partial charge in [0.1, 0.15) is 11.8 Å². The molecular formula is C22H26ClN3O3. The van der Waals surface area contributed by atoms with Gasteiger partial charge in [-0.05, 0) is 48.2 Å². The summed E-state index contributed by atoms with van der Waals surface area (Å²) in [5.41, 5.74) is 3.68. The molecule has 0 bridgehead atoms. The lowest BCUT2D eigenvalue weighted by Crippen LogP contribution is -2.48. The summed E-state index contributed by atoms with van der Waals surface area (Å²) in [5.74, 6) is -0.147. The maximum Gasteiger partial charge on any atom is 0.262 e. The summed E-state index contributed by atoms with van der Waals surface area (Å²) < 4.78 is 5.58. The highest BCUT2D eigenvalue weighted by molar-refractivity contribution is 6.31. The first kappa shape index (κ1) is 22.4. The van der Waals surface area contributed by atoms with Gasteiger partial charge in [0.05, 0.1) is 12.8 Å². The molecule has 154 valence electrons. The standard InChI is InChI=1S/C22H26ClN3O3/c1-4-11-29-19-10-5-7-16(12-19)14-24-26-22(28)20(15(2)3)25-21(27)17-8-6-9-18(23)13-17/h5-10,12-15,20H,4,11H2,1-3H3,(H,25,27)(H,26,28)/b24-14+. The number of amides is 2. The Labute approximate surface area is 176 Å². The number of carbonyl (C=O) groups excluding carboxylic acids is 2. The highest BCUT2D eigenvalue weighted by Gasteiger charge is 2.24. The molecule has 0 fully saturated rings. The number of hydrazone groups is 1. The molecule has 0 spiro atoms. The minimum absolute atomic E-state index is 0.126. The summed E-state index contributed by atoms with van der Waals surface area (Å²) in [4.78, 5) is 25.0. The Bertz CT molecular complexity index is 868. The molecule has 0 radical (unpaired) electrons. The van der Waals surface area contributed by atoms with E-state index in [4.69, 9.17) is 16.3 Å². The third-order valence-corrected chi connectivity index (χ3v) is 4.28. The van der Waals surface area contributed by atoms with Gasteiger partial charge in [0, 0.05) is 10.6 Å². The Hall–Kier alpha value is -2.86. The molecule has 6 nitrogen and oxygen atoms in total. The van der Waals surface area contributed by atoms with Crippen molar-refractivity contribution in [1.82, 2.24) is 10.7 Å². The molecule has 0 aliphatic carbocycles. The Morgan fingerprint density at radius 3 is 2.62 bits per heavy atom. The molecular weight excluding hydrogens is 390 g/mol. The van der Waals surface area contributed by atoms with Gasteiger partial charge in [-0.25, -0.2) is 5.43 Å². The Morgan fingerprint density at radius 1 is 1.17 bits per heavy atom. The van der Waals surface area contributed by atoms with Crippen LogP contribution in [-0.2, 0) is 4.79 Å².